The highest BCUT2D eigenvalue weighted by Crippen LogP contribution is 2.17. The molecule has 0 amide bonds. The van der Waals surface area contributed by atoms with E-state index in [0.717, 1.165) is 17.3 Å². The number of imidazole rings is 1. The van der Waals surface area contributed by atoms with E-state index in [1.54, 1.807) is 19.5 Å². The summed E-state index contributed by atoms with van der Waals surface area (Å²) in [6, 6.07) is 7.82. The number of aromatic amines is 1. The molecule has 0 aliphatic heterocycles. The van der Waals surface area contributed by atoms with E-state index >= 15 is 0 Å². The second-order valence-electron chi connectivity index (χ2n) is 3.76. The quantitative estimate of drug-likeness (QED) is 0.735. The third kappa shape index (κ3) is 3.78. The van der Waals surface area contributed by atoms with Crippen molar-refractivity contribution in [1.82, 2.24) is 9.97 Å². The molecule has 2 N–H and O–H groups in total. The van der Waals surface area contributed by atoms with Crippen molar-refractivity contribution in [3.05, 3.63) is 42.5 Å². The summed E-state index contributed by atoms with van der Waals surface area (Å²) in [5.74, 6) is 1.73. The van der Waals surface area contributed by atoms with E-state index in [0.29, 0.717) is 19.8 Å². The molecule has 1 aromatic heterocycles. The Bertz CT molecular complexity index is 457. The number of nitrogens with one attached hydrogen (secondary N) is 2. The molecular weight excluding hydrogens is 230 g/mol. The van der Waals surface area contributed by atoms with Gasteiger partial charge in [0, 0.05) is 31.3 Å². The molecule has 5 heteroatoms. The predicted molar refractivity (Wildman–Crippen MR) is 69.7 cm³/mol. The lowest BCUT2D eigenvalue weighted by Crippen LogP contribution is -2.05. The first kappa shape index (κ1) is 12.4. The summed E-state index contributed by atoms with van der Waals surface area (Å²) in [5, 5.41) is 3.27. The molecule has 1 aromatic carbocycles. The van der Waals surface area contributed by atoms with E-state index in [1.165, 1.54) is 0 Å². The van der Waals surface area contributed by atoms with Crippen LogP contribution in [0.4, 0.5) is 5.69 Å². The molecule has 1 heterocycles. The number of H-pyrrole nitrogens is 1. The average Bonchev–Trinajstić information content (AvgIpc) is 2.90. The lowest BCUT2D eigenvalue weighted by atomic mass is 10.3. The molecule has 0 radical (unpaired) electrons. The largest absolute Gasteiger partial charge is 0.491 e. The highest BCUT2D eigenvalue weighted by atomic mass is 16.5. The van der Waals surface area contributed by atoms with E-state index in [4.69, 9.17) is 9.47 Å². The second kappa shape index (κ2) is 6.66. The molecule has 0 bridgehead atoms. The Hall–Kier alpha value is -2.01. The lowest BCUT2D eigenvalue weighted by Gasteiger charge is -2.08. The van der Waals surface area contributed by atoms with Crippen molar-refractivity contribution >= 4 is 5.69 Å². The monoisotopic (exact) mass is 247 g/mol. The van der Waals surface area contributed by atoms with Crippen LogP contribution in [0.15, 0.2) is 36.7 Å². The van der Waals surface area contributed by atoms with Crippen LogP contribution in [0.2, 0.25) is 0 Å². The fourth-order valence-electron chi connectivity index (χ4n) is 1.52. The second-order valence-corrected chi connectivity index (χ2v) is 3.76. The minimum absolute atomic E-state index is 0.554. The molecule has 2 aromatic rings. The van der Waals surface area contributed by atoms with Gasteiger partial charge >= 0.3 is 0 Å². The van der Waals surface area contributed by atoms with Gasteiger partial charge in [-0.3, -0.25) is 0 Å². The van der Waals surface area contributed by atoms with Gasteiger partial charge in [0.2, 0.25) is 0 Å². The van der Waals surface area contributed by atoms with Crippen LogP contribution in [0.1, 0.15) is 5.82 Å². The molecule has 18 heavy (non-hydrogen) atoms. The van der Waals surface area contributed by atoms with Gasteiger partial charge in [-0.25, -0.2) is 4.98 Å². The van der Waals surface area contributed by atoms with Gasteiger partial charge in [-0.15, -0.1) is 0 Å². The molecular formula is C13H17N3O2. The highest BCUT2D eigenvalue weighted by molar-refractivity contribution is 5.48. The average molecular weight is 247 g/mol. The first-order chi connectivity index (χ1) is 8.88. The topological polar surface area (TPSA) is 59.2 Å². The summed E-state index contributed by atoms with van der Waals surface area (Å²) >= 11 is 0. The van der Waals surface area contributed by atoms with Crippen molar-refractivity contribution in [2.24, 2.45) is 0 Å². The minimum atomic E-state index is 0.554. The molecule has 0 fully saturated rings. The van der Waals surface area contributed by atoms with Gasteiger partial charge in [0.15, 0.2) is 0 Å². The van der Waals surface area contributed by atoms with Crippen LogP contribution < -0.4 is 10.1 Å². The van der Waals surface area contributed by atoms with Gasteiger partial charge in [0.05, 0.1) is 13.2 Å². The number of aromatic nitrogens is 2. The molecule has 0 saturated carbocycles. The zero-order valence-corrected chi connectivity index (χ0v) is 10.3. The predicted octanol–water partition coefficient (Wildman–Crippen LogP) is 2.05. The van der Waals surface area contributed by atoms with Crippen LogP contribution in [0.25, 0.3) is 0 Å². The van der Waals surface area contributed by atoms with Crippen molar-refractivity contribution in [1.29, 1.82) is 0 Å². The summed E-state index contributed by atoms with van der Waals surface area (Å²) < 4.78 is 10.5. The zero-order valence-electron chi connectivity index (χ0n) is 10.3. The molecule has 96 valence electrons. The molecule has 0 saturated heterocycles. The first-order valence-corrected chi connectivity index (χ1v) is 5.82. The highest BCUT2D eigenvalue weighted by Gasteiger charge is 1.98. The Morgan fingerprint density at radius 1 is 1.33 bits per heavy atom. The number of hydrogen-bond donors (Lipinski definition) is 2. The standard InChI is InChI=1S/C13H17N3O2/c1-17-7-8-18-12-4-2-3-11(9-12)16-10-13-14-5-6-15-13/h2-6,9,16H,7-8,10H2,1H3,(H,14,15). The van der Waals surface area contributed by atoms with Crippen molar-refractivity contribution in [2.45, 2.75) is 6.54 Å². The van der Waals surface area contributed by atoms with Crippen LogP contribution in [-0.4, -0.2) is 30.3 Å². The maximum Gasteiger partial charge on any atom is 0.125 e. The summed E-state index contributed by atoms with van der Waals surface area (Å²) in [4.78, 5) is 7.19. The van der Waals surface area contributed by atoms with Crippen molar-refractivity contribution in [3.63, 3.8) is 0 Å². The van der Waals surface area contributed by atoms with Crippen LogP contribution in [0, 0.1) is 0 Å². The maximum atomic E-state index is 5.54. The van der Waals surface area contributed by atoms with Crippen LogP contribution in [-0.2, 0) is 11.3 Å². The van der Waals surface area contributed by atoms with Gasteiger partial charge in [-0.1, -0.05) is 6.07 Å². The Morgan fingerprint density at radius 3 is 3.06 bits per heavy atom. The molecule has 0 aliphatic carbocycles. The van der Waals surface area contributed by atoms with E-state index in [2.05, 4.69) is 15.3 Å². The van der Waals surface area contributed by atoms with E-state index in [9.17, 15) is 0 Å². The molecule has 5 nitrogen and oxygen atoms in total. The van der Waals surface area contributed by atoms with Gasteiger partial charge in [-0.2, -0.15) is 0 Å². The Morgan fingerprint density at radius 2 is 2.28 bits per heavy atom. The fourth-order valence-corrected chi connectivity index (χ4v) is 1.52. The van der Waals surface area contributed by atoms with E-state index in [-0.39, 0.29) is 0 Å². The number of methoxy groups -OCH3 is 1. The summed E-state index contributed by atoms with van der Waals surface area (Å²) in [6.45, 7) is 1.80. The van der Waals surface area contributed by atoms with Crippen LogP contribution in [0.5, 0.6) is 5.75 Å². The normalized spacial score (nSPS) is 10.3. The minimum Gasteiger partial charge on any atom is -0.491 e. The zero-order chi connectivity index (χ0) is 12.6. The van der Waals surface area contributed by atoms with E-state index in [1.807, 2.05) is 24.3 Å². The summed E-state index contributed by atoms with van der Waals surface area (Å²) in [7, 11) is 1.66. The van der Waals surface area contributed by atoms with E-state index < -0.39 is 0 Å². The maximum absolute atomic E-state index is 5.54. The van der Waals surface area contributed by atoms with Crippen LogP contribution >= 0.6 is 0 Å². The Labute approximate surface area is 106 Å². The van der Waals surface area contributed by atoms with Gasteiger partial charge in [0.1, 0.15) is 18.2 Å². The number of benzene rings is 1. The molecule has 2 rings (SSSR count). The molecule has 0 atom stereocenters. The summed E-state index contributed by atoms with van der Waals surface area (Å²) in [6.07, 6.45) is 3.54. The molecule has 0 aliphatic rings. The third-order valence-corrected chi connectivity index (χ3v) is 2.41. The SMILES string of the molecule is COCCOc1cccc(NCc2ncc[nH]2)c1. The number of hydrogen-bond acceptors (Lipinski definition) is 4. The first-order valence-electron chi connectivity index (χ1n) is 5.82. The van der Waals surface area contributed by atoms with Crippen molar-refractivity contribution < 1.29 is 9.47 Å². The van der Waals surface area contributed by atoms with Gasteiger partial charge < -0.3 is 19.8 Å². The fraction of sp³-hybridized carbons (Fsp3) is 0.308. The summed E-state index contributed by atoms with van der Waals surface area (Å²) in [5.41, 5.74) is 1.00. The molecule has 0 unspecified atom stereocenters. The number of rotatable bonds is 7. The number of ether oxygens (including phenoxy) is 2. The molecule has 0 spiro atoms. The van der Waals surface area contributed by atoms with Crippen LogP contribution in [0.3, 0.4) is 0 Å². The van der Waals surface area contributed by atoms with Gasteiger partial charge in [0.25, 0.3) is 0 Å². The van der Waals surface area contributed by atoms with Crippen molar-refractivity contribution in [2.75, 3.05) is 25.6 Å². The Balaban J connectivity index is 1.86. The number of nitrogens with zero attached hydrogens (tertiary/aromatic N) is 1. The third-order valence-electron chi connectivity index (χ3n) is 2.41. The van der Waals surface area contributed by atoms with Crippen molar-refractivity contribution in [3.8, 4) is 5.75 Å². The number of anilines is 1. The Kier molecular flexibility index (Phi) is 4.60. The van der Waals surface area contributed by atoms with Gasteiger partial charge in [-0.05, 0) is 12.1 Å². The smallest absolute Gasteiger partial charge is 0.125 e. The lowest BCUT2D eigenvalue weighted by molar-refractivity contribution is 0.146.